The van der Waals surface area contributed by atoms with Gasteiger partial charge in [0.15, 0.2) is 0 Å². The van der Waals surface area contributed by atoms with Gasteiger partial charge in [0.2, 0.25) is 0 Å². The fourth-order valence-corrected chi connectivity index (χ4v) is 2.64. The van der Waals surface area contributed by atoms with Crippen LogP contribution in [0.2, 0.25) is 0 Å². The highest BCUT2D eigenvalue weighted by Crippen LogP contribution is 2.25. The fourth-order valence-electron chi connectivity index (χ4n) is 2.64. The van der Waals surface area contributed by atoms with E-state index in [0.29, 0.717) is 5.56 Å². The quantitative estimate of drug-likeness (QED) is 0.485. The topological polar surface area (TPSA) is 73.7 Å². The van der Waals surface area contributed by atoms with Crippen LogP contribution in [0, 0.1) is 6.92 Å². The van der Waals surface area contributed by atoms with Gasteiger partial charge in [-0.05, 0) is 42.8 Å². The number of anilines is 1. The van der Waals surface area contributed by atoms with Crippen LogP contribution in [0.4, 0.5) is 5.69 Å². The van der Waals surface area contributed by atoms with Gasteiger partial charge in [0.05, 0.1) is 6.21 Å². The zero-order chi connectivity index (χ0) is 18.5. The molecule has 3 rings (SSSR count). The largest absolute Gasteiger partial charge is 0.507 e. The number of rotatable bonds is 5. The molecule has 0 fully saturated rings. The number of benzene rings is 3. The first-order valence-corrected chi connectivity index (χ1v) is 8.41. The number of hydrogen-bond donors (Lipinski definition) is 3. The van der Waals surface area contributed by atoms with Gasteiger partial charge in [-0.1, -0.05) is 48.0 Å². The van der Waals surface area contributed by atoms with E-state index in [2.05, 4.69) is 15.8 Å². The summed E-state index contributed by atoms with van der Waals surface area (Å²) in [6.45, 7) is 3.78. The summed E-state index contributed by atoms with van der Waals surface area (Å²) in [5.74, 6) is -0.144. The molecule has 3 aromatic rings. The minimum atomic E-state index is -0.448. The van der Waals surface area contributed by atoms with Crippen LogP contribution in [0.3, 0.4) is 0 Å². The van der Waals surface area contributed by atoms with Gasteiger partial charge in [0.1, 0.15) is 11.8 Å². The molecule has 0 saturated heterocycles. The number of carbonyl (C=O) groups is 1. The molecule has 0 heterocycles. The summed E-state index contributed by atoms with van der Waals surface area (Å²) in [7, 11) is 0. The van der Waals surface area contributed by atoms with Gasteiger partial charge in [-0.25, -0.2) is 5.43 Å². The number of hydrazone groups is 1. The Labute approximate surface area is 152 Å². The highest BCUT2D eigenvalue weighted by Gasteiger charge is 2.11. The summed E-state index contributed by atoms with van der Waals surface area (Å²) >= 11 is 0. The third-order valence-corrected chi connectivity index (χ3v) is 4.14. The first-order valence-electron chi connectivity index (χ1n) is 8.41. The maximum atomic E-state index is 12.2. The second-order valence-electron chi connectivity index (χ2n) is 6.19. The molecule has 3 N–H and O–H groups in total. The van der Waals surface area contributed by atoms with Crippen LogP contribution in [0.25, 0.3) is 10.8 Å². The molecule has 0 bridgehead atoms. The van der Waals surface area contributed by atoms with E-state index in [4.69, 9.17) is 0 Å². The zero-order valence-corrected chi connectivity index (χ0v) is 14.7. The van der Waals surface area contributed by atoms with Crippen molar-refractivity contribution < 1.29 is 9.90 Å². The number of aryl methyl sites for hydroxylation is 1. The minimum absolute atomic E-state index is 0.118. The van der Waals surface area contributed by atoms with E-state index in [-0.39, 0.29) is 11.7 Å². The molecule has 5 heteroatoms. The number of phenolic OH excluding ortho intramolecular Hbond substituents is 1. The molecule has 0 aromatic heterocycles. The third-order valence-electron chi connectivity index (χ3n) is 4.14. The molecule has 0 radical (unpaired) electrons. The molecule has 132 valence electrons. The van der Waals surface area contributed by atoms with Crippen LogP contribution in [0.15, 0.2) is 65.8 Å². The van der Waals surface area contributed by atoms with Crippen molar-refractivity contribution >= 4 is 28.6 Å². The highest BCUT2D eigenvalue weighted by atomic mass is 16.3. The highest BCUT2D eigenvalue weighted by molar-refractivity contribution is 6.02. The maximum Gasteiger partial charge on any atom is 0.262 e. The van der Waals surface area contributed by atoms with Crippen LogP contribution in [0.1, 0.15) is 18.1 Å². The number of phenols is 1. The Hall–Kier alpha value is -3.34. The van der Waals surface area contributed by atoms with Crippen LogP contribution in [0.5, 0.6) is 5.75 Å². The smallest absolute Gasteiger partial charge is 0.262 e. The van der Waals surface area contributed by atoms with Crippen LogP contribution < -0.4 is 10.7 Å². The number of nitrogens with zero attached hydrogens (tertiary/aromatic N) is 1. The van der Waals surface area contributed by atoms with E-state index in [1.807, 2.05) is 61.5 Å². The average molecular weight is 347 g/mol. The number of carbonyl (C=O) groups excluding carboxylic acids is 1. The predicted octanol–water partition coefficient (Wildman–Crippen LogP) is 3.80. The van der Waals surface area contributed by atoms with Gasteiger partial charge in [-0.3, -0.25) is 4.79 Å². The van der Waals surface area contributed by atoms with E-state index < -0.39 is 6.04 Å². The molecule has 0 aliphatic heterocycles. The van der Waals surface area contributed by atoms with Crippen molar-refractivity contribution in [1.29, 1.82) is 0 Å². The lowest BCUT2D eigenvalue weighted by atomic mass is 10.0. The molecule has 1 unspecified atom stereocenters. The van der Waals surface area contributed by atoms with Crippen molar-refractivity contribution in [3.05, 3.63) is 71.8 Å². The van der Waals surface area contributed by atoms with Gasteiger partial charge in [0.25, 0.3) is 5.91 Å². The van der Waals surface area contributed by atoms with Crippen LogP contribution >= 0.6 is 0 Å². The lowest BCUT2D eigenvalue weighted by Gasteiger charge is -2.13. The van der Waals surface area contributed by atoms with Gasteiger partial charge >= 0.3 is 0 Å². The summed E-state index contributed by atoms with van der Waals surface area (Å²) in [4.78, 5) is 12.2. The van der Waals surface area contributed by atoms with Gasteiger partial charge in [-0.15, -0.1) is 0 Å². The van der Waals surface area contributed by atoms with Crippen molar-refractivity contribution in [2.45, 2.75) is 19.9 Å². The SMILES string of the molecule is Cc1ccc(NC(C)C(=O)N/N=C/c2c(O)ccc3ccccc23)cc1. The van der Waals surface area contributed by atoms with E-state index >= 15 is 0 Å². The lowest BCUT2D eigenvalue weighted by molar-refractivity contribution is -0.121. The Morgan fingerprint density at radius 1 is 1.08 bits per heavy atom. The molecule has 3 aromatic carbocycles. The summed E-state index contributed by atoms with van der Waals surface area (Å²) in [5.41, 5.74) is 5.11. The van der Waals surface area contributed by atoms with Gasteiger partial charge < -0.3 is 10.4 Å². The first kappa shape index (κ1) is 17.5. The Kier molecular flexibility index (Phi) is 5.17. The molecule has 0 spiro atoms. The fraction of sp³-hybridized carbons (Fsp3) is 0.143. The third kappa shape index (κ3) is 4.00. The summed E-state index contributed by atoms with van der Waals surface area (Å²) in [5, 5.41) is 19.1. The number of hydrogen-bond acceptors (Lipinski definition) is 4. The van der Waals surface area contributed by atoms with E-state index in [1.54, 1.807) is 13.0 Å². The Bertz CT molecular complexity index is 949. The van der Waals surface area contributed by atoms with E-state index in [0.717, 1.165) is 22.0 Å². The van der Waals surface area contributed by atoms with Crippen molar-refractivity contribution in [2.24, 2.45) is 5.10 Å². The monoisotopic (exact) mass is 347 g/mol. The Morgan fingerprint density at radius 3 is 2.58 bits per heavy atom. The number of fused-ring (bicyclic) bond motifs is 1. The molecular formula is C21H21N3O2. The second kappa shape index (κ2) is 7.70. The Balaban J connectivity index is 1.67. The lowest BCUT2D eigenvalue weighted by Crippen LogP contribution is -2.34. The number of aromatic hydroxyl groups is 1. The van der Waals surface area contributed by atoms with Crippen LogP contribution in [-0.4, -0.2) is 23.3 Å². The molecule has 1 atom stereocenters. The van der Waals surface area contributed by atoms with E-state index in [9.17, 15) is 9.90 Å². The molecule has 1 amide bonds. The first-order chi connectivity index (χ1) is 12.5. The van der Waals surface area contributed by atoms with Crippen molar-refractivity contribution in [3.63, 3.8) is 0 Å². The number of amides is 1. The molecular weight excluding hydrogens is 326 g/mol. The molecule has 0 aliphatic carbocycles. The molecule has 26 heavy (non-hydrogen) atoms. The summed E-state index contributed by atoms with van der Waals surface area (Å²) < 4.78 is 0. The van der Waals surface area contributed by atoms with Gasteiger partial charge in [0, 0.05) is 11.3 Å². The standard InChI is InChI=1S/C21H21N3O2/c1-14-7-10-17(11-8-14)23-15(2)21(26)24-22-13-19-18-6-4-3-5-16(18)9-12-20(19)25/h3-13,15,23,25H,1-2H3,(H,24,26)/b22-13+. The average Bonchev–Trinajstić information content (AvgIpc) is 2.65. The van der Waals surface area contributed by atoms with E-state index in [1.165, 1.54) is 6.21 Å². The van der Waals surface area contributed by atoms with Crippen LogP contribution in [-0.2, 0) is 4.79 Å². The minimum Gasteiger partial charge on any atom is -0.507 e. The summed E-state index contributed by atoms with van der Waals surface area (Å²) in [6.07, 6.45) is 1.47. The number of nitrogens with one attached hydrogen (secondary N) is 2. The predicted molar refractivity (Wildman–Crippen MR) is 106 cm³/mol. The van der Waals surface area contributed by atoms with Gasteiger partial charge in [-0.2, -0.15) is 5.10 Å². The zero-order valence-electron chi connectivity index (χ0n) is 14.7. The molecule has 5 nitrogen and oxygen atoms in total. The van der Waals surface area contributed by atoms with Crippen molar-refractivity contribution in [1.82, 2.24) is 5.43 Å². The maximum absolute atomic E-state index is 12.2. The van der Waals surface area contributed by atoms with Crippen molar-refractivity contribution in [3.8, 4) is 5.75 Å². The molecule has 0 saturated carbocycles. The molecule has 0 aliphatic rings. The Morgan fingerprint density at radius 2 is 1.81 bits per heavy atom. The second-order valence-corrected chi connectivity index (χ2v) is 6.19. The normalized spacial score (nSPS) is 12.2. The van der Waals surface area contributed by atoms with Crippen molar-refractivity contribution in [2.75, 3.05) is 5.32 Å². The summed E-state index contributed by atoms with van der Waals surface area (Å²) in [6, 6.07) is 18.5.